The van der Waals surface area contributed by atoms with Gasteiger partial charge >= 0.3 is 0 Å². The first-order valence-electron chi connectivity index (χ1n) is 3.05. The van der Waals surface area contributed by atoms with Crippen LogP contribution >= 0.6 is 0 Å². The Balaban J connectivity index is 2.92. The van der Waals surface area contributed by atoms with Crippen molar-refractivity contribution in [1.82, 2.24) is 0 Å². The van der Waals surface area contributed by atoms with E-state index in [0.29, 0.717) is 12.8 Å². The first-order chi connectivity index (χ1) is 3.81. The van der Waals surface area contributed by atoms with Crippen molar-refractivity contribution in [2.24, 2.45) is 0 Å². The predicted octanol–water partition coefficient (Wildman–Crippen LogP) is 1.41. The molecule has 48 valence electrons. The van der Waals surface area contributed by atoms with Crippen molar-refractivity contribution in [3.63, 3.8) is 0 Å². The molecule has 2 heteroatoms. The van der Waals surface area contributed by atoms with E-state index < -0.39 is 6.10 Å². The maximum atomic E-state index is 10.5. The zero-order chi connectivity index (χ0) is 6.41. The quantitative estimate of drug-likeness (QED) is 0.532. The van der Waals surface area contributed by atoms with Crippen LogP contribution in [0.2, 0.25) is 0 Å². The molecule has 0 amide bonds. The highest BCUT2D eigenvalue weighted by molar-refractivity contribution is 4.50. The summed E-state index contributed by atoms with van der Waals surface area (Å²) >= 11 is 0. The average Bonchev–Trinajstić information content (AvgIpc) is 1.68. The molecule has 2 nitrogen and oxygen atoms in total. The Morgan fingerprint density at radius 3 is 2.38 bits per heavy atom. The van der Waals surface area contributed by atoms with Gasteiger partial charge in [0.05, 0.1) is 12.7 Å². The molecule has 0 spiro atoms. The second kappa shape index (κ2) is 5.06. The fourth-order valence-corrected chi connectivity index (χ4v) is 0.598. The third-order valence-electron chi connectivity index (χ3n) is 1.05. The summed E-state index contributed by atoms with van der Waals surface area (Å²) in [6, 6.07) is 0. The summed E-state index contributed by atoms with van der Waals surface area (Å²) in [4.78, 5) is 0. The molecule has 0 bridgehead atoms. The molecule has 0 rings (SSSR count). The molecule has 1 atom stereocenters. The fourth-order valence-electron chi connectivity index (χ4n) is 0.598. The highest BCUT2D eigenvalue weighted by Crippen LogP contribution is 1.99. The van der Waals surface area contributed by atoms with Crippen LogP contribution in [0.15, 0.2) is 0 Å². The second-order valence-electron chi connectivity index (χ2n) is 1.90. The normalized spacial score (nSPS) is 13.9. The van der Waals surface area contributed by atoms with Crippen molar-refractivity contribution < 1.29 is 10.2 Å². The van der Waals surface area contributed by atoms with Gasteiger partial charge in [0.25, 0.3) is 0 Å². The zero-order valence-electron chi connectivity index (χ0n) is 5.22. The van der Waals surface area contributed by atoms with Crippen LogP contribution in [0.3, 0.4) is 0 Å². The molecule has 0 fully saturated rings. The molecule has 0 saturated heterocycles. The largest absolute Gasteiger partial charge is 0.237 e. The summed E-state index contributed by atoms with van der Waals surface area (Å²) in [7, 11) is 0. The molecule has 0 heterocycles. The van der Waals surface area contributed by atoms with Crippen molar-refractivity contribution in [3.8, 4) is 0 Å². The Morgan fingerprint density at radius 1 is 1.38 bits per heavy atom. The van der Waals surface area contributed by atoms with Crippen LogP contribution in [-0.4, -0.2) is 12.7 Å². The first-order valence-corrected chi connectivity index (χ1v) is 3.05. The van der Waals surface area contributed by atoms with Gasteiger partial charge < -0.3 is 0 Å². The molecular weight excluding hydrogens is 104 g/mol. The van der Waals surface area contributed by atoms with E-state index in [4.69, 9.17) is 0 Å². The Labute approximate surface area is 50.2 Å². The monoisotopic (exact) mass is 116 g/mol. The van der Waals surface area contributed by atoms with Crippen molar-refractivity contribution in [2.45, 2.75) is 32.3 Å². The lowest BCUT2D eigenvalue weighted by Gasteiger charge is -2.00. The van der Waals surface area contributed by atoms with Crippen molar-refractivity contribution in [1.29, 1.82) is 0 Å². The van der Waals surface area contributed by atoms with E-state index in [-0.39, 0.29) is 6.61 Å². The van der Waals surface area contributed by atoms with E-state index in [1.165, 1.54) is 0 Å². The van der Waals surface area contributed by atoms with Crippen LogP contribution in [-0.2, 0) is 10.2 Å². The highest BCUT2D eigenvalue weighted by atomic mass is 16.3. The first kappa shape index (κ1) is 7.92. The van der Waals surface area contributed by atoms with Crippen LogP contribution in [0.5, 0.6) is 0 Å². The standard InChI is InChI=1S/C6H12O2/c1-2-3-6(8)4-5-7/h6H,2-5H2,1H3. The van der Waals surface area contributed by atoms with Crippen molar-refractivity contribution >= 4 is 0 Å². The molecule has 0 aromatic heterocycles. The molecule has 0 aliphatic carbocycles. The van der Waals surface area contributed by atoms with Crippen molar-refractivity contribution in [2.75, 3.05) is 6.61 Å². The van der Waals surface area contributed by atoms with Gasteiger partial charge in [-0.05, 0) is 6.42 Å². The third-order valence-corrected chi connectivity index (χ3v) is 1.05. The Hall–Kier alpha value is -0.0800. The van der Waals surface area contributed by atoms with E-state index >= 15 is 0 Å². The average molecular weight is 116 g/mol. The molecule has 0 N–H and O–H groups in total. The highest BCUT2D eigenvalue weighted by Gasteiger charge is 2.01. The molecular formula is C6H12O2. The van der Waals surface area contributed by atoms with E-state index in [9.17, 15) is 10.2 Å². The lowest BCUT2D eigenvalue weighted by Crippen LogP contribution is -2.04. The number of rotatable bonds is 4. The van der Waals surface area contributed by atoms with Gasteiger partial charge in [-0.3, -0.25) is 0 Å². The number of hydrogen-bond acceptors (Lipinski definition) is 0. The lowest BCUT2D eigenvalue weighted by molar-refractivity contribution is 0.0441. The SMILES string of the molecule is CCCC([O])CC[O]. The van der Waals surface area contributed by atoms with Crippen LogP contribution in [0.4, 0.5) is 0 Å². The topological polar surface area (TPSA) is 39.8 Å². The van der Waals surface area contributed by atoms with Gasteiger partial charge in [-0.15, -0.1) is 0 Å². The Bertz CT molecular complexity index is 39.8. The fraction of sp³-hybridized carbons (Fsp3) is 1.00. The maximum absolute atomic E-state index is 10.5. The summed E-state index contributed by atoms with van der Waals surface area (Å²) in [6.45, 7) is 1.74. The predicted molar refractivity (Wildman–Crippen MR) is 29.6 cm³/mol. The van der Waals surface area contributed by atoms with Gasteiger partial charge in [0.15, 0.2) is 0 Å². The van der Waals surface area contributed by atoms with Gasteiger partial charge in [0.1, 0.15) is 0 Å². The number of hydrogen-bond donors (Lipinski definition) is 0. The Morgan fingerprint density at radius 2 is 2.00 bits per heavy atom. The smallest absolute Gasteiger partial charge is 0.0953 e. The molecule has 0 aliphatic heterocycles. The van der Waals surface area contributed by atoms with Crippen molar-refractivity contribution in [3.05, 3.63) is 0 Å². The lowest BCUT2D eigenvalue weighted by atomic mass is 10.2. The van der Waals surface area contributed by atoms with Gasteiger partial charge in [-0.1, -0.05) is 13.3 Å². The van der Waals surface area contributed by atoms with Gasteiger partial charge in [-0.2, -0.15) is 0 Å². The minimum Gasteiger partial charge on any atom is -0.237 e. The van der Waals surface area contributed by atoms with Crippen LogP contribution in [0.25, 0.3) is 0 Å². The van der Waals surface area contributed by atoms with Gasteiger partial charge in [-0.25, -0.2) is 10.2 Å². The van der Waals surface area contributed by atoms with E-state index in [1.54, 1.807) is 0 Å². The van der Waals surface area contributed by atoms with Gasteiger partial charge in [0.2, 0.25) is 0 Å². The summed E-state index contributed by atoms with van der Waals surface area (Å²) < 4.78 is 0. The molecule has 8 heavy (non-hydrogen) atoms. The van der Waals surface area contributed by atoms with E-state index in [2.05, 4.69) is 0 Å². The van der Waals surface area contributed by atoms with Gasteiger partial charge in [0, 0.05) is 6.42 Å². The molecule has 0 aromatic carbocycles. The molecule has 0 saturated carbocycles. The van der Waals surface area contributed by atoms with Crippen LogP contribution < -0.4 is 0 Å². The summed E-state index contributed by atoms with van der Waals surface area (Å²) in [6.07, 6.45) is 1.25. The summed E-state index contributed by atoms with van der Waals surface area (Å²) in [5.74, 6) is 0. The molecule has 1 unspecified atom stereocenters. The third kappa shape index (κ3) is 4.09. The molecule has 0 aliphatic rings. The summed E-state index contributed by atoms with van der Waals surface area (Å²) in [5.41, 5.74) is 0. The summed E-state index contributed by atoms with van der Waals surface area (Å²) in [5, 5.41) is 20.3. The van der Waals surface area contributed by atoms with E-state index in [0.717, 1.165) is 6.42 Å². The second-order valence-corrected chi connectivity index (χ2v) is 1.90. The van der Waals surface area contributed by atoms with Crippen LogP contribution in [0, 0.1) is 0 Å². The maximum Gasteiger partial charge on any atom is 0.0953 e. The Kier molecular flexibility index (Phi) is 5.01. The molecule has 2 radical (unpaired) electrons. The minimum absolute atomic E-state index is 0.214. The zero-order valence-corrected chi connectivity index (χ0v) is 5.22. The van der Waals surface area contributed by atoms with E-state index in [1.807, 2.05) is 6.92 Å². The minimum atomic E-state index is -0.600. The molecule has 0 aromatic rings. The van der Waals surface area contributed by atoms with Crippen LogP contribution in [0.1, 0.15) is 26.2 Å².